The highest BCUT2D eigenvalue weighted by atomic mass is 32.1. The van der Waals surface area contributed by atoms with E-state index in [9.17, 15) is 4.79 Å². The van der Waals surface area contributed by atoms with Crippen LogP contribution in [0, 0.1) is 18.3 Å². The second-order valence-electron chi connectivity index (χ2n) is 5.69. The molecule has 3 nitrogen and oxygen atoms in total. The first-order chi connectivity index (χ1) is 10.6. The summed E-state index contributed by atoms with van der Waals surface area (Å²) in [5.41, 5.74) is 2.38. The Labute approximate surface area is 135 Å². The molecule has 0 bridgehead atoms. The number of hydrogen-bond donors (Lipinski definition) is 0. The molecule has 0 spiro atoms. The lowest BCUT2D eigenvalue weighted by Gasteiger charge is -2.02. The second kappa shape index (κ2) is 7.42. The summed E-state index contributed by atoms with van der Waals surface area (Å²) >= 11 is 1.54. The molecule has 0 unspecified atom stereocenters. The zero-order chi connectivity index (χ0) is 16.1. The van der Waals surface area contributed by atoms with E-state index in [4.69, 9.17) is 6.42 Å². The van der Waals surface area contributed by atoms with Gasteiger partial charge in [-0.3, -0.25) is 4.79 Å². The monoisotopic (exact) mass is 314 g/mol. The summed E-state index contributed by atoms with van der Waals surface area (Å²) in [5.74, 6) is 2.44. The summed E-state index contributed by atoms with van der Waals surface area (Å²) in [7, 11) is 0. The van der Waals surface area contributed by atoms with Gasteiger partial charge in [0.05, 0.1) is 16.8 Å². The first kappa shape index (κ1) is 16.5. The van der Waals surface area contributed by atoms with E-state index in [2.05, 4.69) is 36.0 Å². The van der Waals surface area contributed by atoms with Gasteiger partial charge in [-0.2, -0.15) is 4.99 Å². The predicted octanol–water partition coefficient (Wildman–Crippen LogP) is 3.76. The molecule has 0 saturated carbocycles. The van der Waals surface area contributed by atoms with E-state index in [0.29, 0.717) is 11.3 Å². The van der Waals surface area contributed by atoms with Crippen molar-refractivity contribution in [3.05, 3.63) is 28.6 Å². The molecule has 1 amide bonds. The number of rotatable bonds is 5. The number of aryl methyl sites for hydroxylation is 1. The number of fused-ring (bicyclic) bond motifs is 1. The van der Waals surface area contributed by atoms with Crippen LogP contribution >= 0.6 is 11.3 Å². The number of amides is 1. The molecule has 4 heteroatoms. The standard InChI is InChI=1S/C18H22N2OS/c1-5-7-8-14-9-10-15-16(12-14)22-18(20(15)11-6-2)19-17(21)13(3)4/h2,9-10,12-13H,5,7-8,11H2,1,3-4H3. The Morgan fingerprint density at radius 2 is 2.23 bits per heavy atom. The fourth-order valence-electron chi connectivity index (χ4n) is 2.21. The zero-order valence-corrected chi connectivity index (χ0v) is 14.2. The van der Waals surface area contributed by atoms with Gasteiger partial charge >= 0.3 is 0 Å². The van der Waals surface area contributed by atoms with Gasteiger partial charge < -0.3 is 4.57 Å². The Kier molecular flexibility index (Phi) is 5.57. The van der Waals surface area contributed by atoms with E-state index in [-0.39, 0.29) is 11.8 Å². The third-order valence-corrected chi connectivity index (χ3v) is 4.56. The summed E-state index contributed by atoms with van der Waals surface area (Å²) in [5, 5.41) is 0. The first-order valence-electron chi connectivity index (χ1n) is 7.71. The van der Waals surface area contributed by atoms with Crippen molar-refractivity contribution >= 4 is 27.5 Å². The van der Waals surface area contributed by atoms with E-state index in [1.165, 1.54) is 29.7 Å². The number of carbonyl (C=O) groups excluding carboxylic acids is 1. The highest BCUT2D eigenvalue weighted by Crippen LogP contribution is 2.20. The van der Waals surface area contributed by atoms with Crippen LogP contribution in [-0.4, -0.2) is 10.5 Å². The molecule has 0 radical (unpaired) electrons. The molecule has 0 atom stereocenters. The topological polar surface area (TPSA) is 34.4 Å². The van der Waals surface area contributed by atoms with Crippen LogP contribution in [0.4, 0.5) is 0 Å². The van der Waals surface area contributed by atoms with E-state index in [1.807, 2.05) is 18.4 Å². The molecule has 0 N–H and O–H groups in total. The number of thiazole rings is 1. The van der Waals surface area contributed by atoms with Crippen molar-refractivity contribution in [2.45, 2.75) is 46.6 Å². The number of nitrogens with zero attached hydrogens (tertiary/aromatic N) is 2. The minimum absolute atomic E-state index is 0.107. The zero-order valence-electron chi connectivity index (χ0n) is 13.4. The van der Waals surface area contributed by atoms with Crippen LogP contribution in [0.25, 0.3) is 10.2 Å². The summed E-state index contributed by atoms with van der Waals surface area (Å²) in [4.78, 5) is 16.9. The minimum atomic E-state index is -0.108. The molecule has 1 heterocycles. The van der Waals surface area contributed by atoms with E-state index < -0.39 is 0 Å². The van der Waals surface area contributed by atoms with Gasteiger partial charge in [-0.05, 0) is 30.5 Å². The van der Waals surface area contributed by atoms with Crippen molar-refractivity contribution in [1.29, 1.82) is 0 Å². The molecular weight excluding hydrogens is 292 g/mol. The minimum Gasteiger partial charge on any atom is -0.305 e. The van der Waals surface area contributed by atoms with Crippen LogP contribution < -0.4 is 4.80 Å². The predicted molar refractivity (Wildman–Crippen MR) is 92.7 cm³/mol. The van der Waals surface area contributed by atoms with Crippen LogP contribution in [0.1, 0.15) is 39.2 Å². The third-order valence-electron chi connectivity index (χ3n) is 3.52. The van der Waals surface area contributed by atoms with Crippen LogP contribution in [0.5, 0.6) is 0 Å². The Hall–Kier alpha value is -1.86. The van der Waals surface area contributed by atoms with Crippen LogP contribution in [0.2, 0.25) is 0 Å². The van der Waals surface area contributed by atoms with Crippen molar-refractivity contribution in [2.75, 3.05) is 0 Å². The maximum absolute atomic E-state index is 11.9. The molecule has 1 aromatic carbocycles. The molecular formula is C18H22N2OS. The van der Waals surface area contributed by atoms with Gasteiger partial charge in [0, 0.05) is 5.92 Å². The summed E-state index contributed by atoms with van der Waals surface area (Å²) in [6.07, 6.45) is 8.92. The fourth-order valence-corrected chi connectivity index (χ4v) is 3.31. The van der Waals surface area contributed by atoms with Gasteiger partial charge in [-0.25, -0.2) is 0 Å². The number of hydrogen-bond acceptors (Lipinski definition) is 2. The maximum atomic E-state index is 11.9. The SMILES string of the molecule is C#CCn1c(=NC(=O)C(C)C)sc2cc(CCCC)ccc21. The molecule has 2 aromatic rings. The van der Waals surface area contributed by atoms with E-state index >= 15 is 0 Å². The molecule has 0 saturated heterocycles. The summed E-state index contributed by atoms with van der Waals surface area (Å²) in [6.45, 7) is 6.33. The van der Waals surface area contributed by atoms with Gasteiger partial charge in [0.2, 0.25) is 0 Å². The average molecular weight is 314 g/mol. The van der Waals surface area contributed by atoms with Crippen molar-refractivity contribution in [1.82, 2.24) is 4.57 Å². The van der Waals surface area contributed by atoms with Gasteiger partial charge in [0.25, 0.3) is 5.91 Å². The Balaban J connectivity index is 2.54. The number of unbranched alkanes of at least 4 members (excludes halogenated alkanes) is 1. The lowest BCUT2D eigenvalue weighted by Crippen LogP contribution is -2.18. The normalized spacial score (nSPS) is 12.0. The Morgan fingerprint density at radius 1 is 1.45 bits per heavy atom. The highest BCUT2D eigenvalue weighted by molar-refractivity contribution is 7.16. The lowest BCUT2D eigenvalue weighted by molar-refractivity contribution is -0.120. The molecule has 22 heavy (non-hydrogen) atoms. The van der Waals surface area contributed by atoms with Crippen LogP contribution in [0.15, 0.2) is 23.2 Å². The molecule has 0 aliphatic carbocycles. The van der Waals surface area contributed by atoms with E-state index in [0.717, 1.165) is 16.6 Å². The van der Waals surface area contributed by atoms with E-state index in [1.54, 1.807) is 0 Å². The van der Waals surface area contributed by atoms with Gasteiger partial charge in [-0.15, -0.1) is 6.42 Å². The number of aromatic nitrogens is 1. The average Bonchev–Trinajstić information content (AvgIpc) is 2.82. The lowest BCUT2D eigenvalue weighted by atomic mass is 10.1. The highest BCUT2D eigenvalue weighted by Gasteiger charge is 2.10. The number of terminal acetylenes is 1. The maximum Gasteiger partial charge on any atom is 0.250 e. The molecule has 0 aliphatic rings. The molecule has 116 valence electrons. The summed E-state index contributed by atoms with van der Waals surface area (Å²) in [6, 6.07) is 6.43. The van der Waals surface area contributed by atoms with Crippen molar-refractivity contribution in [3.63, 3.8) is 0 Å². The van der Waals surface area contributed by atoms with Crippen LogP contribution in [-0.2, 0) is 17.8 Å². The molecule has 2 rings (SSSR count). The fraction of sp³-hybridized carbons (Fsp3) is 0.444. The summed E-state index contributed by atoms with van der Waals surface area (Å²) < 4.78 is 3.09. The number of carbonyl (C=O) groups is 1. The first-order valence-corrected chi connectivity index (χ1v) is 8.52. The van der Waals surface area contributed by atoms with Gasteiger partial charge in [-0.1, -0.05) is 50.5 Å². The van der Waals surface area contributed by atoms with Crippen molar-refractivity contribution in [2.24, 2.45) is 10.9 Å². The van der Waals surface area contributed by atoms with Crippen molar-refractivity contribution in [3.8, 4) is 12.3 Å². The number of benzene rings is 1. The largest absolute Gasteiger partial charge is 0.305 e. The molecule has 0 fully saturated rings. The third kappa shape index (κ3) is 3.66. The van der Waals surface area contributed by atoms with Crippen LogP contribution in [0.3, 0.4) is 0 Å². The Bertz CT molecular complexity index is 774. The molecule has 0 aliphatic heterocycles. The molecule has 1 aromatic heterocycles. The van der Waals surface area contributed by atoms with Gasteiger partial charge in [0.1, 0.15) is 0 Å². The smallest absolute Gasteiger partial charge is 0.250 e. The Morgan fingerprint density at radius 3 is 2.86 bits per heavy atom. The van der Waals surface area contributed by atoms with Gasteiger partial charge in [0.15, 0.2) is 4.80 Å². The quantitative estimate of drug-likeness (QED) is 0.774. The van der Waals surface area contributed by atoms with Crippen molar-refractivity contribution < 1.29 is 4.79 Å². The second-order valence-corrected chi connectivity index (χ2v) is 6.69.